The quantitative estimate of drug-likeness (QED) is 0.738. The van der Waals surface area contributed by atoms with Gasteiger partial charge in [-0.25, -0.2) is 4.98 Å². The lowest BCUT2D eigenvalue weighted by Gasteiger charge is -2.04. The van der Waals surface area contributed by atoms with E-state index in [9.17, 15) is 0 Å². The van der Waals surface area contributed by atoms with Gasteiger partial charge in [0.15, 0.2) is 0 Å². The molecule has 0 bridgehead atoms. The van der Waals surface area contributed by atoms with Gasteiger partial charge < -0.3 is 0 Å². The highest BCUT2D eigenvalue weighted by atomic mass is 32.2. The Bertz CT molecular complexity index is 806. The molecule has 0 fully saturated rings. The smallest absolute Gasteiger partial charge is 0.220 e. The number of nitrogens with zero attached hydrogens (tertiary/aromatic N) is 6. The van der Waals surface area contributed by atoms with E-state index < -0.39 is 0 Å². The van der Waals surface area contributed by atoms with Crippen LogP contribution in [0.15, 0.2) is 52.6 Å². The number of tetrazole rings is 1. The fourth-order valence-corrected chi connectivity index (χ4v) is 2.69. The molecular formula is C14H10N6S. The zero-order valence-electron chi connectivity index (χ0n) is 11.1. The van der Waals surface area contributed by atoms with Gasteiger partial charge in [0.2, 0.25) is 5.16 Å². The Morgan fingerprint density at radius 3 is 2.76 bits per heavy atom. The molecule has 0 radical (unpaired) electrons. The van der Waals surface area contributed by atoms with Crippen molar-refractivity contribution < 1.29 is 0 Å². The van der Waals surface area contributed by atoms with Gasteiger partial charge in [-0.3, -0.25) is 0 Å². The molecule has 3 aromatic rings. The van der Waals surface area contributed by atoms with E-state index in [2.05, 4.69) is 26.6 Å². The van der Waals surface area contributed by atoms with Crippen molar-refractivity contribution in [2.75, 3.05) is 0 Å². The first-order valence-corrected chi connectivity index (χ1v) is 6.98. The van der Waals surface area contributed by atoms with Gasteiger partial charge in [-0.1, -0.05) is 18.2 Å². The molecule has 2 heterocycles. The summed E-state index contributed by atoms with van der Waals surface area (Å²) in [6.07, 6.45) is 0. The predicted molar refractivity (Wildman–Crippen MR) is 77.0 cm³/mol. The van der Waals surface area contributed by atoms with Crippen molar-refractivity contribution in [3.05, 3.63) is 53.7 Å². The number of pyridine rings is 1. The molecule has 0 amide bonds. The van der Waals surface area contributed by atoms with E-state index in [0.29, 0.717) is 15.7 Å². The molecule has 0 atom stereocenters. The number of hydrogen-bond donors (Lipinski definition) is 0. The number of hydrogen-bond acceptors (Lipinski definition) is 6. The van der Waals surface area contributed by atoms with Gasteiger partial charge in [0, 0.05) is 5.69 Å². The average Bonchev–Trinajstić information content (AvgIpc) is 2.95. The second-order valence-corrected chi connectivity index (χ2v) is 5.25. The summed E-state index contributed by atoms with van der Waals surface area (Å²) in [7, 11) is 0. The summed E-state index contributed by atoms with van der Waals surface area (Å²) in [6, 6.07) is 15.2. The van der Waals surface area contributed by atoms with Crippen LogP contribution in [0.5, 0.6) is 0 Å². The number of nitriles is 1. The molecule has 3 rings (SSSR count). The van der Waals surface area contributed by atoms with E-state index in [0.717, 1.165) is 11.4 Å². The van der Waals surface area contributed by atoms with Crippen molar-refractivity contribution in [3.63, 3.8) is 0 Å². The summed E-state index contributed by atoms with van der Waals surface area (Å²) in [5.74, 6) is 0. The van der Waals surface area contributed by atoms with E-state index >= 15 is 0 Å². The molecule has 6 nitrogen and oxygen atoms in total. The Kier molecular flexibility index (Phi) is 3.62. The van der Waals surface area contributed by atoms with Crippen molar-refractivity contribution in [3.8, 4) is 11.8 Å². The monoisotopic (exact) mass is 294 g/mol. The molecule has 0 aliphatic rings. The van der Waals surface area contributed by atoms with Gasteiger partial charge in [0.1, 0.15) is 5.03 Å². The van der Waals surface area contributed by atoms with Crippen molar-refractivity contribution in [2.24, 2.45) is 0 Å². The summed E-state index contributed by atoms with van der Waals surface area (Å²) < 4.78 is 1.64. The van der Waals surface area contributed by atoms with Crippen LogP contribution < -0.4 is 0 Å². The van der Waals surface area contributed by atoms with Gasteiger partial charge in [-0.15, -0.1) is 5.10 Å². The van der Waals surface area contributed by atoms with Crippen LogP contribution in [0.1, 0.15) is 11.3 Å². The molecule has 0 spiro atoms. The van der Waals surface area contributed by atoms with E-state index in [1.807, 2.05) is 37.3 Å². The summed E-state index contributed by atoms with van der Waals surface area (Å²) in [4.78, 5) is 4.39. The molecule has 2 aromatic heterocycles. The number of benzene rings is 1. The molecule has 0 saturated carbocycles. The molecule has 0 N–H and O–H groups in total. The Morgan fingerprint density at radius 1 is 1.19 bits per heavy atom. The minimum Gasteiger partial charge on any atom is -0.246 e. The van der Waals surface area contributed by atoms with Crippen LogP contribution in [-0.4, -0.2) is 25.2 Å². The van der Waals surface area contributed by atoms with Crippen LogP contribution in [0.4, 0.5) is 0 Å². The van der Waals surface area contributed by atoms with Gasteiger partial charge in [0.05, 0.1) is 17.3 Å². The summed E-state index contributed by atoms with van der Waals surface area (Å²) in [5.41, 5.74) is 2.23. The molecule has 0 aliphatic carbocycles. The van der Waals surface area contributed by atoms with Crippen molar-refractivity contribution in [1.29, 1.82) is 5.26 Å². The molecule has 0 unspecified atom stereocenters. The largest absolute Gasteiger partial charge is 0.246 e. The van der Waals surface area contributed by atoms with Crippen LogP contribution in [-0.2, 0) is 0 Å². The maximum absolute atomic E-state index is 9.01. The maximum atomic E-state index is 9.01. The van der Waals surface area contributed by atoms with Crippen molar-refractivity contribution in [1.82, 2.24) is 25.2 Å². The van der Waals surface area contributed by atoms with Crippen LogP contribution >= 0.6 is 11.8 Å². The molecule has 1 aromatic carbocycles. The first-order chi connectivity index (χ1) is 10.3. The van der Waals surface area contributed by atoms with Gasteiger partial charge >= 0.3 is 0 Å². The fraction of sp³-hybridized carbons (Fsp3) is 0.0714. The molecular weight excluding hydrogens is 284 g/mol. The lowest BCUT2D eigenvalue weighted by Crippen LogP contribution is -1.99. The molecule has 102 valence electrons. The lowest BCUT2D eigenvalue weighted by atomic mass is 10.2. The Hall–Kier alpha value is -2.72. The maximum Gasteiger partial charge on any atom is 0.220 e. The molecule has 21 heavy (non-hydrogen) atoms. The zero-order valence-corrected chi connectivity index (χ0v) is 11.9. The first-order valence-electron chi connectivity index (χ1n) is 6.17. The predicted octanol–water partition coefficient (Wildman–Crippen LogP) is 2.39. The topological polar surface area (TPSA) is 80.3 Å². The second kappa shape index (κ2) is 5.73. The highest BCUT2D eigenvalue weighted by Gasteiger charge is 2.11. The van der Waals surface area contributed by atoms with E-state index in [4.69, 9.17) is 5.26 Å². The summed E-state index contributed by atoms with van der Waals surface area (Å²) in [5, 5.41) is 22.0. The summed E-state index contributed by atoms with van der Waals surface area (Å²) in [6.45, 7) is 1.85. The Morgan fingerprint density at radius 2 is 2.00 bits per heavy atom. The van der Waals surface area contributed by atoms with E-state index in [-0.39, 0.29) is 0 Å². The minimum atomic E-state index is 0.573. The Labute approximate surface area is 125 Å². The third kappa shape index (κ3) is 2.90. The minimum absolute atomic E-state index is 0.573. The number of para-hydroxylation sites is 1. The second-order valence-electron chi connectivity index (χ2n) is 4.26. The van der Waals surface area contributed by atoms with Gasteiger partial charge in [-0.2, -0.15) is 9.94 Å². The summed E-state index contributed by atoms with van der Waals surface area (Å²) >= 11 is 1.32. The van der Waals surface area contributed by atoms with Crippen molar-refractivity contribution in [2.45, 2.75) is 17.1 Å². The van der Waals surface area contributed by atoms with Crippen LogP contribution in [0.25, 0.3) is 5.69 Å². The number of aryl methyl sites for hydroxylation is 1. The van der Waals surface area contributed by atoms with E-state index in [1.54, 1.807) is 16.8 Å². The average molecular weight is 294 g/mol. The highest BCUT2D eigenvalue weighted by molar-refractivity contribution is 7.99. The molecule has 0 aliphatic heterocycles. The van der Waals surface area contributed by atoms with Crippen LogP contribution in [0.2, 0.25) is 0 Å². The van der Waals surface area contributed by atoms with Gasteiger partial charge in [0.25, 0.3) is 0 Å². The lowest BCUT2D eigenvalue weighted by molar-refractivity contribution is 0.756. The van der Waals surface area contributed by atoms with Crippen LogP contribution in [0.3, 0.4) is 0 Å². The fourth-order valence-electron chi connectivity index (χ4n) is 1.82. The zero-order chi connectivity index (χ0) is 14.7. The molecule has 0 saturated heterocycles. The number of aromatic nitrogens is 5. The highest BCUT2D eigenvalue weighted by Crippen LogP contribution is 2.26. The van der Waals surface area contributed by atoms with Crippen LogP contribution in [0, 0.1) is 18.3 Å². The van der Waals surface area contributed by atoms with Gasteiger partial charge in [-0.05, 0) is 53.4 Å². The third-order valence-corrected chi connectivity index (χ3v) is 3.55. The standard InChI is InChI=1S/C14H10N6S/c1-10-7-11(9-15)8-13(16-10)21-14-17-18-19-20(14)12-5-3-2-4-6-12/h2-8H,1H3. The SMILES string of the molecule is Cc1cc(C#N)cc(Sc2nnnn2-c2ccccc2)n1. The third-order valence-electron chi connectivity index (χ3n) is 2.70. The van der Waals surface area contributed by atoms with E-state index in [1.165, 1.54) is 11.8 Å². The molecule has 7 heteroatoms. The van der Waals surface area contributed by atoms with Crippen molar-refractivity contribution >= 4 is 11.8 Å². The first kappa shape index (κ1) is 13.3. The Balaban J connectivity index is 1.95. The number of rotatable bonds is 3. The normalized spacial score (nSPS) is 10.3.